The van der Waals surface area contributed by atoms with Crippen molar-refractivity contribution in [2.75, 3.05) is 22.6 Å². The normalized spacial score (nSPS) is 13.0. The summed E-state index contributed by atoms with van der Waals surface area (Å²) < 4.78 is 9.81. The highest BCUT2D eigenvalue weighted by atomic mass is 35.5. The van der Waals surface area contributed by atoms with Gasteiger partial charge >= 0.3 is 11.9 Å². The molecule has 3 aromatic rings. The maximum absolute atomic E-state index is 13.1. The van der Waals surface area contributed by atoms with Crippen LogP contribution in [0.5, 0.6) is 0 Å². The van der Waals surface area contributed by atoms with Gasteiger partial charge in [0.1, 0.15) is 10.7 Å². The Morgan fingerprint density at radius 3 is 2.05 bits per heavy atom. The molecule has 1 aliphatic rings. The fraction of sp³-hybridized carbons (Fsp3) is 0.138. The summed E-state index contributed by atoms with van der Waals surface area (Å²) >= 11 is 6.21. The Morgan fingerprint density at radius 1 is 0.800 bits per heavy atom. The quantitative estimate of drug-likeness (QED) is 0.298. The van der Waals surface area contributed by atoms with Crippen LogP contribution in [0.1, 0.15) is 44.9 Å². The van der Waals surface area contributed by atoms with Crippen LogP contribution in [0.15, 0.2) is 83.5 Å². The van der Waals surface area contributed by atoms with Gasteiger partial charge in [-0.1, -0.05) is 17.7 Å². The summed E-state index contributed by atoms with van der Waals surface area (Å²) in [5.41, 5.74) is 1.73. The molecule has 1 aliphatic heterocycles. The van der Waals surface area contributed by atoms with Crippen LogP contribution >= 0.6 is 11.6 Å². The molecule has 0 bridgehead atoms. The lowest BCUT2D eigenvalue weighted by molar-refractivity contribution is -0.120. The van der Waals surface area contributed by atoms with E-state index in [2.05, 4.69) is 15.4 Å². The van der Waals surface area contributed by atoms with E-state index < -0.39 is 29.7 Å². The van der Waals surface area contributed by atoms with Crippen molar-refractivity contribution >= 4 is 58.3 Å². The first-order valence-corrected chi connectivity index (χ1v) is 12.4. The van der Waals surface area contributed by atoms with Gasteiger partial charge in [-0.2, -0.15) is 0 Å². The first-order chi connectivity index (χ1) is 19.1. The molecule has 4 rings (SSSR count). The number of esters is 2. The van der Waals surface area contributed by atoms with Gasteiger partial charge in [-0.05, 0) is 80.6 Å². The number of rotatable bonds is 8. The van der Waals surface area contributed by atoms with Gasteiger partial charge in [-0.25, -0.2) is 14.5 Å². The molecule has 11 heteroatoms. The third kappa shape index (κ3) is 6.02. The van der Waals surface area contributed by atoms with E-state index >= 15 is 0 Å². The number of amides is 3. The predicted molar refractivity (Wildman–Crippen MR) is 148 cm³/mol. The van der Waals surface area contributed by atoms with Gasteiger partial charge in [-0.15, -0.1) is 0 Å². The first kappa shape index (κ1) is 28.1. The fourth-order valence-electron chi connectivity index (χ4n) is 3.77. The van der Waals surface area contributed by atoms with Crippen molar-refractivity contribution in [1.82, 2.24) is 0 Å². The van der Waals surface area contributed by atoms with Gasteiger partial charge in [0.25, 0.3) is 17.7 Å². The molecule has 10 nitrogen and oxygen atoms in total. The molecule has 3 amide bonds. The fourth-order valence-corrected chi connectivity index (χ4v) is 3.98. The van der Waals surface area contributed by atoms with Crippen LogP contribution in [0.3, 0.4) is 0 Å². The summed E-state index contributed by atoms with van der Waals surface area (Å²) in [6, 6.07) is 18.2. The number of carbonyl (C=O) groups excluding carboxylic acids is 5. The first-order valence-electron chi connectivity index (χ1n) is 12.1. The number of imide groups is 1. The van der Waals surface area contributed by atoms with Crippen LogP contribution in [0.4, 0.5) is 17.1 Å². The molecule has 3 aromatic carbocycles. The van der Waals surface area contributed by atoms with E-state index in [0.717, 1.165) is 4.90 Å². The summed E-state index contributed by atoms with van der Waals surface area (Å²) in [4.78, 5) is 63.3. The number of nitrogens with one attached hydrogen (secondary N) is 2. The largest absolute Gasteiger partial charge is 0.465 e. The molecule has 0 saturated heterocycles. The van der Waals surface area contributed by atoms with Crippen LogP contribution in [0.2, 0.25) is 0 Å². The monoisotopic (exact) mass is 561 g/mol. The third-order valence-electron chi connectivity index (χ3n) is 5.69. The van der Waals surface area contributed by atoms with Crippen molar-refractivity contribution in [3.8, 4) is 0 Å². The van der Waals surface area contributed by atoms with Crippen LogP contribution in [0, 0.1) is 0 Å². The number of benzene rings is 3. The molecule has 0 spiro atoms. The standard InChI is InChI=1S/C29H24ClN3O7/c1-16(2)40-29(38)18-7-11-20(12-8-18)32-25(34)19-5-4-6-21(15-19)31-24-23(30)26(35)33(27(24)36)22-13-9-17(10-14-22)28(37)39-3/h4-16,31H,1-3H3,(H,32,34). The zero-order valence-electron chi connectivity index (χ0n) is 21.7. The van der Waals surface area contributed by atoms with E-state index in [1.165, 1.54) is 37.4 Å². The van der Waals surface area contributed by atoms with Gasteiger partial charge in [-0.3, -0.25) is 14.4 Å². The minimum atomic E-state index is -0.741. The highest BCUT2D eigenvalue weighted by molar-refractivity contribution is 6.53. The Morgan fingerprint density at radius 2 is 1.43 bits per heavy atom. The Balaban J connectivity index is 1.46. The second kappa shape index (κ2) is 11.8. The number of hydrogen-bond donors (Lipinski definition) is 2. The van der Waals surface area contributed by atoms with Crippen molar-refractivity contribution in [1.29, 1.82) is 0 Å². The highest BCUT2D eigenvalue weighted by Gasteiger charge is 2.39. The molecule has 204 valence electrons. The van der Waals surface area contributed by atoms with Crippen molar-refractivity contribution in [3.05, 3.63) is 100 Å². The predicted octanol–water partition coefficient (Wildman–Crippen LogP) is 4.73. The summed E-state index contributed by atoms with van der Waals surface area (Å²) in [7, 11) is 1.25. The molecule has 0 aliphatic carbocycles. The van der Waals surface area contributed by atoms with E-state index in [0.29, 0.717) is 16.9 Å². The Labute approximate surface area is 234 Å². The van der Waals surface area contributed by atoms with E-state index in [9.17, 15) is 24.0 Å². The number of methoxy groups -OCH3 is 1. The number of carbonyl (C=O) groups is 5. The van der Waals surface area contributed by atoms with Gasteiger partial charge in [0, 0.05) is 16.9 Å². The molecule has 0 unspecified atom stereocenters. The molecule has 2 N–H and O–H groups in total. The van der Waals surface area contributed by atoms with Crippen molar-refractivity contribution in [3.63, 3.8) is 0 Å². The lowest BCUT2D eigenvalue weighted by Gasteiger charge is -2.15. The summed E-state index contributed by atoms with van der Waals surface area (Å²) in [6.45, 7) is 3.51. The molecule has 0 radical (unpaired) electrons. The van der Waals surface area contributed by atoms with Gasteiger partial charge in [0.15, 0.2) is 0 Å². The highest BCUT2D eigenvalue weighted by Crippen LogP contribution is 2.30. The summed E-state index contributed by atoms with van der Waals surface area (Å²) in [5, 5.41) is 5.24. The molecule has 0 aromatic heterocycles. The smallest absolute Gasteiger partial charge is 0.338 e. The summed E-state index contributed by atoms with van der Waals surface area (Å²) in [5.74, 6) is -2.91. The Hall–Kier alpha value is -4.96. The maximum Gasteiger partial charge on any atom is 0.338 e. The molecule has 1 heterocycles. The van der Waals surface area contributed by atoms with Crippen LogP contribution in [0.25, 0.3) is 0 Å². The number of ether oxygens (including phenoxy) is 2. The van der Waals surface area contributed by atoms with Gasteiger partial charge in [0.05, 0.1) is 30.0 Å². The van der Waals surface area contributed by atoms with E-state index in [1.54, 1.807) is 56.3 Å². The SMILES string of the molecule is COC(=O)c1ccc(N2C(=O)C(Cl)=C(Nc3cccc(C(=O)Nc4ccc(C(=O)OC(C)C)cc4)c3)C2=O)cc1. The average molecular weight is 562 g/mol. The number of nitrogens with zero attached hydrogens (tertiary/aromatic N) is 1. The zero-order valence-corrected chi connectivity index (χ0v) is 22.4. The Bertz CT molecular complexity index is 1530. The lowest BCUT2D eigenvalue weighted by atomic mass is 10.1. The topological polar surface area (TPSA) is 131 Å². The average Bonchev–Trinajstić information content (AvgIpc) is 3.15. The van der Waals surface area contributed by atoms with Crippen molar-refractivity contribution in [2.45, 2.75) is 20.0 Å². The summed E-state index contributed by atoms with van der Waals surface area (Å²) in [6.07, 6.45) is -0.251. The maximum atomic E-state index is 13.1. The second-order valence-corrected chi connectivity index (χ2v) is 9.24. The number of halogens is 1. The van der Waals surface area contributed by atoms with Crippen LogP contribution in [-0.2, 0) is 19.1 Å². The Kier molecular flexibility index (Phi) is 8.30. The second-order valence-electron chi connectivity index (χ2n) is 8.86. The van der Waals surface area contributed by atoms with E-state index in [4.69, 9.17) is 16.3 Å². The van der Waals surface area contributed by atoms with Crippen molar-refractivity contribution in [2.24, 2.45) is 0 Å². The van der Waals surface area contributed by atoms with E-state index in [-0.39, 0.29) is 33.6 Å². The van der Waals surface area contributed by atoms with Crippen LogP contribution < -0.4 is 15.5 Å². The third-order valence-corrected chi connectivity index (χ3v) is 6.04. The molecule has 0 fully saturated rings. The van der Waals surface area contributed by atoms with Gasteiger partial charge < -0.3 is 20.1 Å². The molecule has 40 heavy (non-hydrogen) atoms. The minimum absolute atomic E-state index is 0.162. The molecular formula is C29H24ClN3O7. The molecule has 0 saturated carbocycles. The van der Waals surface area contributed by atoms with Crippen LogP contribution in [-0.4, -0.2) is 42.9 Å². The zero-order chi connectivity index (χ0) is 29.0. The molecular weight excluding hydrogens is 538 g/mol. The van der Waals surface area contributed by atoms with Crippen molar-refractivity contribution < 1.29 is 33.4 Å². The van der Waals surface area contributed by atoms with Gasteiger partial charge in [0.2, 0.25) is 0 Å². The number of anilines is 3. The lowest BCUT2D eigenvalue weighted by Crippen LogP contribution is -2.32. The number of hydrogen-bond acceptors (Lipinski definition) is 8. The van der Waals surface area contributed by atoms with E-state index in [1.807, 2.05) is 0 Å². The molecule has 0 atom stereocenters. The minimum Gasteiger partial charge on any atom is -0.465 e.